The van der Waals surface area contributed by atoms with E-state index in [0.29, 0.717) is 0 Å². The van der Waals surface area contributed by atoms with Crippen LogP contribution in [0.1, 0.15) is 0 Å². The number of carbonyl (C=O) groups is 1. The molecule has 0 aliphatic rings. The van der Waals surface area contributed by atoms with Crippen LogP contribution < -0.4 is 0 Å². The molecule has 0 rings (SSSR count). The van der Waals surface area contributed by atoms with Gasteiger partial charge in [-0.25, -0.2) is 4.79 Å². The number of methoxy groups -OCH3 is 1. The molecular formula is C7H9NO2. The van der Waals surface area contributed by atoms with E-state index in [1.165, 1.54) is 19.3 Å². The Balaban J connectivity index is 4.34. The summed E-state index contributed by atoms with van der Waals surface area (Å²) in [5.74, 6) is -0.505. The minimum atomic E-state index is -0.505. The summed E-state index contributed by atoms with van der Waals surface area (Å²) in [6.07, 6.45) is 2.87. The van der Waals surface area contributed by atoms with Gasteiger partial charge in [0.2, 0.25) is 0 Å². The van der Waals surface area contributed by atoms with Crippen LogP contribution >= 0.6 is 0 Å². The van der Waals surface area contributed by atoms with E-state index in [1.807, 2.05) is 0 Å². The highest BCUT2D eigenvalue weighted by molar-refractivity contribution is 5.89. The van der Waals surface area contributed by atoms with Crippen LogP contribution in [0.5, 0.6) is 0 Å². The number of carbonyl (C=O) groups excluding carboxylic acids is 1. The normalized spacial score (nSPS) is 10.3. The predicted octanol–water partition coefficient (Wildman–Crippen LogP) is 0.930. The van der Waals surface area contributed by atoms with Gasteiger partial charge in [0.1, 0.15) is 5.70 Å². The van der Waals surface area contributed by atoms with E-state index in [2.05, 4.69) is 23.0 Å². The van der Waals surface area contributed by atoms with Gasteiger partial charge in [0.15, 0.2) is 0 Å². The molecule has 0 atom stereocenters. The van der Waals surface area contributed by atoms with Gasteiger partial charge in [0.05, 0.1) is 7.11 Å². The number of aliphatic imine (C=N–C) groups is 1. The standard InChI is InChI=1S/C7H9NO2/c1-4-5-6(8-2)7(9)10-3/h4-5H,1-2H2,3H3/b6-5-. The third-order valence-corrected chi connectivity index (χ3v) is 0.841. The number of rotatable bonds is 3. The van der Waals surface area contributed by atoms with Crippen LogP contribution in [0.4, 0.5) is 0 Å². The summed E-state index contributed by atoms with van der Waals surface area (Å²) >= 11 is 0. The highest BCUT2D eigenvalue weighted by Crippen LogP contribution is 1.97. The molecule has 0 saturated heterocycles. The topological polar surface area (TPSA) is 38.7 Å². The van der Waals surface area contributed by atoms with Crippen molar-refractivity contribution in [1.82, 2.24) is 0 Å². The van der Waals surface area contributed by atoms with E-state index >= 15 is 0 Å². The van der Waals surface area contributed by atoms with Crippen molar-refractivity contribution in [2.45, 2.75) is 0 Å². The Morgan fingerprint density at radius 1 is 1.70 bits per heavy atom. The summed E-state index contributed by atoms with van der Waals surface area (Å²) in [6, 6.07) is 0. The Labute approximate surface area is 59.7 Å². The minimum Gasteiger partial charge on any atom is -0.464 e. The van der Waals surface area contributed by atoms with Gasteiger partial charge in [-0.05, 0) is 12.8 Å². The van der Waals surface area contributed by atoms with Crippen molar-refractivity contribution >= 4 is 12.7 Å². The Morgan fingerprint density at radius 3 is 2.60 bits per heavy atom. The fraction of sp³-hybridized carbons (Fsp3) is 0.143. The van der Waals surface area contributed by atoms with E-state index in [0.717, 1.165) is 0 Å². The fourth-order valence-electron chi connectivity index (χ4n) is 0.401. The van der Waals surface area contributed by atoms with Crippen LogP contribution in [0, 0.1) is 0 Å². The molecule has 0 aliphatic heterocycles. The molecule has 0 unspecified atom stereocenters. The molecule has 3 heteroatoms. The van der Waals surface area contributed by atoms with Crippen molar-refractivity contribution in [2.24, 2.45) is 4.99 Å². The van der Waals surface area contributed by atoms with E-state index in [4.69, 9.17) is 0 Å². The lowest BCUT2D eigenvalue weighted by atomic mass is 10.4. The van der Waals surface area contributed by atoms with E-state index < -0.39 is 5.97 Å². The first-order chi connectivity index (χ1) is 4.76. The third kappa shape index (κ3) is 2.26. The van der Waals surface area contributed by atoms with Crippen molar-refractivity contribution in [3.63, 3.8) is 0 Å². The van der Waals surface area contributed by atoms with E-state index in [9.17, 15) is 4.79 Å². The smallest absolute Gasteiger partial charge is 0.356 e. The van der Waals surface area contributed by atoms with Crippen LogP contribution in [0.2, 0.25) is 0 Å². The molecule has 0 aromatic heterocycles. The molecule has 0 aromatic rings. The second kappa shape index (κ2) is 4.49. The van der Waals surface area contributed by atoms with Crippen molar-refractivity contribution in [3.05, 3.63) is 24.4 Å². The summed E-state index contributed by atoms with van der Waals surface area (Å²) < 4.78 is 4.37. The van der Waals surface area contributed by atoms with Crippen LogP contribution in [-0.2, 0) is 9.53 Å². The van der Waals surface area contributed by atoms with E-state index in [1.54, 1.807) is 0 Å². The zero-order valence-corrected chi connectivity index (χ0v) is 5.83. The zero-order chi connectivity index (χ0) is 7.98. The molecule has 10 heavy (non-hydrogen) atoms. The minimum absolute atomic E-state index is 0.164. The molecule has 0 aromatic carbocycles. The monoisotopic (exact) mass is 139 g/mol. The average molecular weight is 139 g/mol. The molecule has 0 saturated carbocycles. The number of nitrogens with zero attached hydrogens (tertiary/aromatic N) is 1. The van der Waals surface area contributed by atoms with Crippen molar-refractivity contribution in [3.8, 4) is 0 Å². The summed E-state index contributed by atoms with van der Waals surface area (Å²) in [7, 11) is 1.28. The van der Waals surface area contributed by atoms with Crippen LogP contribution in [-0.4, -0.2) is 19.8 Å². The van der Waals surface area contributed by atoms with Gasteiger partial charge in [0.25, 0.3) is 0 Å². The first-order valence-corrected chi connectivity index (χ1v) is 2.64. The van der Waals surface area contributed by atoms with Gasteiger partial charge < -0.3 is 4.74 Å². The summed E-state index contributed by atoms with van der Waals surface area (Å²) in [5.41, 5.74) is 0.164. The number of hydrogen-bond donors (Lipinski definition) is 0. The molecule has 0 aliphatic carbocycles. The molecule has 0 heterocycles. The molecule has 0 radical (unpaired) electrons. The maximum absolute atomic E-state index is 10.7. The lowest BCUT2D eigenvalue weighted by molar-refractivity contribution is -0.136. The second-order valence-electron chi connectivity index (χ2n) is 1.44. The molecule has 0 fully saturated rings. The Bertz CT molecular complexity index is 182. The maximum atomic E-state index is 10.7. The van der Waals surface area contributed by atoms with Crippen molar-refractivity contribution < 1.29 is 9.53 Å². The highest BCUT2D eigenvalue weighted by atomic mass is 16.5. The van der Waals surface area contributed by atoms with Crippen LogP contribution in [0.25, 0.3) is 0 Å². The first kappa shape index (κ1) is 8.62. The predicted molar refractivity (Wildman–Crippen MR) is 39.8 cm³/mol. The lowest BCUT2D eigenvalue weighted by Crippen LogP contribution is -2.01. The largest absolute Gasteiger partial charge is 0.464 e. The molecule has 0 bridgehead atoms. The zero-order valence-electron chi connectivity index (χ0n) is 5.83. The SMILES string of the molecule is C=C/C=C(\N=C)C(=O)OC. The molecule has 0 amide bonds. The Hall–Kier alpha value is -1.38. The fourth-order valence-corrected chi connectivity index (χ4v) is 0.401. The number of esters is 1. The summed E-state index contributed by atoms with van der Waals surface area (Å²) in [6.45, 7) is 6.57. The lowest BCUT2D eigenvalue weighted by Gasteiger charge is -1.94. The average Bonchev–Trinajstić information content (AvgIpc) is 1.99. The molecule has 0 N–H and O–H groups in total. The number of ether oxygens (including phenoxy) is 1. The van der Waals surface area contributed by atoms with Gasteiger partial charge in [-0.3, -0.25) is 4.99 Å². The van der Waals surface area contributed by atoms with Gasteiger partial charge in [-0.15, -0.1) is 0 Å². The van der Waals surface area contributed by atoms with Gasteiger partial charge in [-0.2, -0.15) is 0 Å². The summed E-state index contributed by atoms with van der Waals surface area (Å²) in [4.78, 5) is 14.1. The molecule has 0 spiro atoms. The Kier molecular flexibility index (Phi) is 3.87. The van der Waals surface area contributed by atoms with Gasteiger partial charge in [-0.1, -0.05) is 12.7 Å². The van der Waals surface area contributed by atoms with Crippen molar-refractivity contribution in [1.29, 1.82) is 0 Å². The third-order valence-electron chi connectivity index (χ3n) is 0.841. The van der Waals surface area contributed by atoms with Crippen LogP contribution in [0.15, 0.2) is 29.4 Å². The second-order valence-corrected chi connectivity index (χ2v) is 1.44. The van der Waals surface area contributed by atoms with Crippen LogP contribution in [0.3, 0.4) is 0 Å². The number of allylic oxidation sites excluding steroid dienone is 2. The summed E-state index contributed by atoms with van der Waals surface area (Å²) in [5, 5.41) is 0. The first-order valence-electron chi connectivity index (χ1n) is 2.64. The number of hydrogen-bond acceptors (Lipinski definition) is 3. The van der Waals surface area contributed by atoms with Gasteiger partial charge >= 0.3 is 5.97 Å². The quantitative estimate of drug-likeness (QED) is 0.252. The molecule has 3 nitrogen and oxygen atoms in total. The van der Waals surface area contributed by atoms with E-state index in [-0.39, 0.29) is 5.70 Å². The van der Waals surface area contributed by atoms with Crippen molar-refractivity contribution in [2.75, 3.05) is 7.11 Å². The Morgan fingerprint density at radius 2 is 2.30 bits per heavy atom. The molecular weight excluding hydrogens is 130 g/mol. The van der Waals surface area contributed by atoms with Gasteiger partial charge in [0, 0.05) is 0 Å². The molecule has 54 valence electrons. The maximum Gasteiger partial charge on any atom is 0.356 e. The highest BCUT2D eigenvalue weighted by Gasteiger charge is 2.03.